The number of nitrogens with zero attached hydrogens (tertiary/aromatic N) is 1. The molecule has 1 rings (SSSR count). The molecule has 1 fully saturated rings. The van der Waals surface area contributed by atoms with Crippen LogP contribution in [0, 0.1) is 5.92 Å². The molecule has 0 spiro atoms. The molecule has 3 heteroatoms. The van der Waals surface area contributed by atoms with Crippen molar-refractivity contribution < 1.29 is 0 Å². The second-order valence-electron chi connectivity index (χ2n) is 5.48. The molecule has 0 bridgehead atoms. The fourth-order valence-electron chi connectivity index (χ4n) is 2.61. The maximum Gasteiger partial charge on any atom is 0.0197 e. The summed E-state index contributed by atoms with van der Waals surface area (Å²) in [4.78, 5) is 2.64. The molecule has 1 heterocycles. The van der Waals surface area contributed by atoms with E-state index in [4.69, 9.17) is 0 Å². The van der Waals surface area contributed by atoms with Crippen molar-refractivity contribution in [1.29, 1.82) is 0 Å². The van der Waals surface area contributed by atoms with Crippen LogP contribution < -0.4 is 5.32 Å². The minimum Gasteiger partial charge on any atom is -0.311 e. The van der Waals surface area contributed by atoms with Crippen LogP contribution in [0.25, 0.3) is 0 Å². The van der Waals surface area contributed by atoms with Gasteiger partial charge in [0.1, 0.15) is 0 Å². The Hall–Kier alpha value is 0.270. The molecule has 2 nitrogen and oxygen atoms in total. The zero-order chi connectivity index (χ0) is 12.0. The molecule has 1 saturated heterocycles. The molecule has 0 saturated carbocycles. The zero-order valence-corrected chi connectivity index (χ0v) is 12.1. The Morgan fingerprint density at radius 2 is 2.12 bits per heavy atom. The monoisotopic (exact) mass is 244 g/mol. The van der Waals surface area contributed by atoms with Crippen LogP contribution in [0.15, 0.2) is 0 Å². The van der Waals surface area contributed by atoms with E-state index < -0.39 is 0 Å². The summed E-state index contributed by atoms with van der Waals surface area (Å²) in [6.07, 6.45) is 4.91. The third kappa shape index (κ3) is 5.55. The van der Waals surface area contributed by atoms with Crippen molar-refractivity contribution >= 4 is 11.8 Å². The topological polar surface area (TPSA) is 15.3 Å². The lowest BCUT2D eigenvalue weighted by molar-refractivity contribution is 0.170. The highest BCUT2D eigenvalue weighted by molar-refractivity contribution is 7.98. The van der Waals surface area contributed by atoms with Gasteiger partial charge in [0.25, 0.3) is 0 Å². The molecule has 1 aliphatic rings. The molecule has 2 atom stereocenters. The Morgan fingerprint density at radius 3 is 2.75 bits per heavy atom. The van der Waals surface area contributed by atoms with Gasteiger partial charge in [-0.15, -0.1) is 0 Å². The van der Waals surface area contributed by atoms with Gasteiger partial charge in [-0.2, -0.15) is 11.8 Å². The van der Waals surface area contributed by atoms with E-state index in [1.165, 1.54) is 38.2 Å². The van der Waals surface area contributed by atoms with Gasteiger partial charge in [-0.05, 0) is 37.3 Å². The summed E-state index contributed by atoms with van der Waals surface area (Å²) in [6, 6.07) is 1.34. The third-order valence-corrected chi connectivity index (χ3v) is 4.00. The molecule has 0 aromatic heterocycles. The van der Waals surface area contributed by atoms with Gasteiger partial charge < -0.3 is 10.2 Å². The number of hydrogen-bond acceptors (Lipinski definition) is 3. The van der Waals surface area contributed by atoms with Crippen molar-refractivity contribution in [2.24, 2.45) is 5.92 Å². The lowest BCUT2D eigenvalue weighted by Crippen LogP contribution is -2.48. The minimum absolute atomic E-state index is 0.619. The van der Waals surface area contributed by atoms with Crippen LogP contribution in [0.2, 0.25) is 0 Å². The molecule has 0 aliphatic carbocycles. The maximum absolute atomic E-state index is 3.67. The average Bonchev–Trinajstić information content (AvgIpc) is 2.17. The van der Waals surface area contributed by atoms with E-state index >= 15 is 0 Å². The van der Waals surface area contributed by atoms with Gasteiger partial charge in [-0.3, -0.25) is 0 Å². The van der Waals surface area contributed by atoms with Crippen molar-refractivity contribution in [1.82, 2.24) is 10.2 Å². The van der Waals surface area contributed by atoms with Crippen molar-refractivity contribution in [2.75, 3.05) is 31.6 Å². The highest BCUT2D eigenvalue weighted by atomic mass is 32.2. The van der Waals surface area contributed by atoms with Gasteiger partial charge >= 0.3 is 0 Å². The fourth-order valence-corrected chi connectivity index (χ4v) is 3.28. The molecule has 1 N–H and O–H groups in total. The fraction of sp³-hybridized carbons (Fsp3) is 1.00. The van der Waals surface area contributed by atoms with Crippen LogP contribution >= 0.6 is 11.8 Å². The highest BCUT2D eigenvalue weighted by Crippen LogP contribution is 2.14. The summed E-state index contributed by atoms with van der Waals surface area (Å²) in [6.45, 7) is 10.7. The van der Waals surface area contributed by atoms with Gasteiger partial charge in [0, 0.05) is 25.2 Å². The van der Waals surface area contributed by atoms with Gasteiger partial charge in [0.2, 0.25) is 0 Å². The first-order valence-electron chi connectivity index (χ1n) is 6.59. The van der Waals surface area contributed by atoms with Crippen LogP contribution in [0.4, 0.5) is 0 Å². The van der Waals surface area contributed by atoms with E-state index in [1.54, 1.807) is 0 Å². The number of piperidine rings is 1. The number of rotatable bonds is 6. The number of thioether (sulfide) groups is 1. The van der Waals surface area contributed by atoms with Crippen LogP contribution in [0.3, 0.4) is 0 Å². The first kappa shape index (κ1) is 14.3. The SMILES string of the molecule is CSCC(C)CN1CCCC(NC(C)C)C1. The summed E-state index contributed by atoms with van der Waals surface area (Å²) < 4.78 is 0. The predicted octanol–water partition coefficient (Wildman–Crippen LogP) is 2.45. The van der Waals surface area contributed by atoms with Crippen LogP contribution in [-0.4, -0.2) is 48.6 Å². The quantitative estimate of drug-likeness (QED) is 0.772. The van der Waals surface area contributed by atoms with Crippen LogP contribution in [-0.2, 0) is 0 Å². The first-order chi connectivity index (χ1) is 7.61. The van der Waals surface area contributed by atoms with Crippen LogP contribution in [0.1, 0.15) is 33.6 Å². The largest absolute Gasteiger partial charge is 0.311 e. The molecule has 16 heavy (non-hydrogen) atoms. The lowest BCUT2D eigenvalue weighted by Gasteiger charge is -2.35. The van der Waals surface area contributed by atoms with Crippen molar-refractivity contribution in [3.05, 3.63) is 0 Å². The van der Waals surface area contributed by atoms with E-state index in [9.17, 15) is 0 Å². The number of nitrogens with one attached hydrogen (secondary N) is 1. The lowest BCUT2D eigenvalue weighted by atomic mass is 10.0. The maximum atomic E-state index is 3.67. The Kier molecular flexibility index (Phi) is 6.78. The van der Waals surface area contributed by atoms with E-state index in [-0.39, 0.29) is 0 Å². The predicted molar refractivity (Wildman–Crippen MR) is 75.3 cm³/mol. The summed E-state index contributed by atoms with van der Waals surface area (Å²) in [5, 5.41) is 3.67. The average molecular weight is 244 g/mol. The smallest absolute Gasteiger partial charge is 0.0197 e. The molecule has 0 amide bonds. The summed E-state index contributed by atoms with van der Waals surface area (Å²) in [7, 11) is 0. The number of hydrogen-bond donors (Lipinski definition) is 1. The second-order valence-corrected chi connectivity index (χ2v) is 6.39. The Balaban J connectivity index is 2.27. The molecule has 1 aliphatic heterocycles. The molecule has 2 unspecified atom stereocenters. The standard InChI is InChI=1S/C13H28N2S/c1-11(2)14-13-6-5-7-15(9-13)8-12(3)10-16-4/h11-14H,5-10H2,1-4H3. The summed E-state index contributed by atoms with van der Waals surface area (Å²) in [5.41, 5.74) is 0. The van der Waals surface area contributed by atoms with Crippen molar-refractivity contribution in [3.63, 3.8) is 0 Å². The molecule has 0 aromatic rings. The van der Waals surface area contributed by atoms with Gasteiger partial charge in [-0.1, -0.05) is 20.8 Å². The molecule has 0 aromatic carbocycles. The molecular formula is C13H28N2S. The van der Waals surface area contributed by atoms with E-state index in [0.29, 0.717) is 6.04 Å². The van der Waals surface area contributed by atoms with Gasteiger partial charge in [0.15, 0.2) is 0 Å². The first-order valence-corrected chi connectivity index (χ1v) is 7.98. The number of likely N-dealkylation sites (tertiary alicyclic amines) is 1. The molecular weight excluding hydrogens is 216 g/mol. The molecule has 0 radical (unpaired) electrons. The van der Waals surface area contributed by atoms with Crippen LogP contribution in [0.5, 0.6) is 0 Å². The van der Waals surface area contributed by atoms with E-state index in [2.05, 4.69) is 37.2 Å². The van der Waals surface area contributed by atoms with E-state index in [0.717, 1.165) is 12.0 Å². The van der Waals surface area contributed by atoms with Crippen molar-refractivity contribution in [3.8, 4) is 0 Å². The minimum atomic E-state index is 0.619. The van der Waals surface area contributed by atoms with Crippen molar-refractivity contribution in [2.45, 2.75) is 45.7 Å². The summed E-state index contributed by atoms with van der Waals surface area (Å²) >= 11 is 1.97. The van der Waals surface area contributed by atoms with Gasteiger partial charge in [0.05, 0.1) is 0 Å². The third-order valence-electron chi connectivity index (χ3n) is 3.10. The summed E-state index contributed by atoms with van der Waals surface area (Å²) in [5.74, 6) is 2.12. The highest BCUT2D eigenvalue weighted by Gasteiger charge is 2.21. The Bertz CT molecular complexity index is 185. The Morgan fingerprint density at radius 1 is 1.38 bits per heavy atom. The Labute approximate surface area is 106 Å². The van der Waals surface area contributed by atoms with E-state index in [1.807, 2.05) is 11.8 Å². The zero-order valence-electron chi connectivity index (χ0n) is 11.3. The second kappa shape index (κ2) is 7.57. The molecule has 96 valence electrons. The normalized spacial score (nSPS) is 24.9. The van der Waals surface area contributed by atoms with Gasteiger partial charge in [-0.25, -0.2) is 0 Å².